The van der Waals surface area contributed by atoms with E-state index in [0.717, 1.165) is 61.6 Å². The standard InChI is InChI=1S/C86H124N2O17/c1-53-38-40-82(12)64(83(53,13)52-89)39-41-84(14)65(82)37-36-60-61-45-80(8,9)42-43-86(61,66(93-16)46-85(60,84)15)77(91)102-75-70(54(2)68(62(99-75)50-94-47-57-29-21-17-22-30-57)88-67(90)35-27-20-28-44-87-78(92)105-79(5,6)7)100-76-73-72(103-81(10,11)104-73)71(56(4)98-76)101-74-55(3)69(96-49-59-33-25-19-26-34-59)63(51-97-74)95-48-58-31-23-18-24-32-58/h17-19,21-26,29-34,36,52-56,61-66,68-76H,20,27-28,35,37-51H2,1-16H3,(H,87,92)(H,88,90)/t53-,54?,55?,56+,61?,62-,63?,64+,65?,66-,68?,69?,70?,71?,72?,73?,74-,75-,76-,82?,83-,84-,85+,86?/m0/s1. The number of aldehydes is 1. The Balaban J connectivity index is 0.852. The molecule has 3 aromatic carbocycles. The van der Waals surface area contributed by atoms with E-state index in [1.807, 2.05) is 139 Å². The van der Waals surface area contributed by atoms with Crippen LogP contribution in [0.15, 0.2) is 103 Å². The number of carbonyl (C=O) groups is 4. The van der Waals surface area contributed by atoms with Crippen molar-refractivity contribution in [1.29, 1.82) is 0 Å². The Morgan fingerprint density at radius 3 is 1.97 bits per heavy atom. The molecule has 9 aliphatic rings. The van der Waals surface area contributed by atoms with Gasteiger partial charge in [0.15, 0.2) is 18.4 Å². The highest BCUT2D eigenvalue weighted by atomic mass is 16.8. The Kier molecular flexibility index (Phi) is 24.2. The van der Waals surface area contributed by atoms with Gasteiger partial charge in [-0.2, -0.15) is 0 Å². The monoisotopic (exact) mass is 1460 g/mol. The van der Waals surface area contributed by atoms with Crippen molar-refractivity contribution in [1.82, 2.24) is 10.6 Å². The lowest BCUT2D eigenvalue weighted by atomic mass is 9.33. The second-order valence-corrected chi connectivity index (χ2v) is 35.9. The molecule has 4 saturated carbocycles. The molecule has 2 N–H and O–H groups in total. The van der Waals surface area contributed by atoms with Gasteiger partial charge >= 0.3 is 12.1 Å². The first-order valence-electron chi connectivity index (χ1n) is 39.5. The molecule has 24 atom stereocenters. The number of methoxy groups -OCH3 is 1. The van der Waals surface area contributed by atoms with Gasteiger partial charge < -0.3 is 77.0 Å². The van der Waals surface area contributed by atoms with Crippen LogP contribution in [-0.4, -0.2) is 142 Å². The second kappa shape index (κ2) is 32.0. The first-order valence-corrected chi connectivity index (χ1v) is 39.5. The van der Waals surface area contributed by atoms with Crippen LogP contribution in [0.4, 0.5) is 4.79 Å². The molecule has 4 heterocycles. The molecule has 13 unspecified atom stereocenters. The maximum atomic E-state index is 16.8. The van der Waals surface area contributed by atoms with Crippen LogP contribution in [0.5, 0.6) is 0 Å². The number of esters is 1. The molecule has 0 aromatic heterocycles. The Hall–Kier alpha value is -5.16. The lowest BCUT2D eigenvalue weighted by Crippen LogP contribution is -2.68. The van der Waals surface area contributed by atoms with Crippen molar-refractivity contribution in [3.8, 4) is 0 Å². The number of benzene rings is 3. The first kappa shape index (κ1) is 79.4. The number of alkyl carbamates (subject to hydrolysis) is 1. The summed E-state index contributed by atoms with van der Waals surface area (Å²) in [6.45, 7) is 33.5. The fraction of sp³-hybridized carbons (Fsp3) is 0.721. The summed E-state index contributed by atoms with van der Waals surface area (Å²) >= 11 is 0. The minimum absolute atomic E-state index is 0.0329. The molecule has 3 aromatic rings. The quantitative estimate of drug-likeness (QED) is 0.0349. The van der Waals surface area contributed by atoms with E-state index in [0.29, 0.717) is 63.7 Å². The van der Waals surface area contributed by atoms with Gasteiger partial charge in [-0.05, 0) is 174 Å². The van der Waals surface area contributed by atoms with Crippen molar-refractivity contribution >= 4 is 24.3 Å². The normalized spacial score (nSPS) is 39.7. The number of allylic oxidation sites excluding steroid dienone is 2. The van der Waals surface area contributed by atoms with Crippen LogP contribution in [0.1, 0.15) is 204 Å². The molecule has 105 heavy (non-hydrogen) atoms. The summed E-state index contributed by atoms with van der Waals surface area (Å²) in [5.74, 6) is -2.02. The summed E-state index contributed by atoms with van der Waals surface area (Å²) in [6, 6.07) is 29.3. The molecular weight excluding hydrogens is 1330 g/mol. The highest BCUT2D eigenvalue weighted by Gasteiger charge is 2.73. The number of unbranched alkanes of at least 4 members (excludes halogenated alkanes) is 2. The number of fused-ring (bicyclic) bond motifs is 8. The van der Waals surface area contributed by atoms with Gasteiger partial charge in [0.05, 0.1) is 57.4 Å². The van der Waals surface area contributed by atoms with E-state index in [1.54, 1.807) is 7.11 Å². The molecule has 0 bridgehead atoms. The van der Waals surface area contributed by atoms with Crippen molar-refractivity contribution in [2.45, 2.75) is 298 Å². The number of hydrogen-bond donors (Lipinski definition) is 2. The number of amides is 2. The maximum Gasteiger partial charge on any atom is 0.407 e. The Labute approximate surface area is 625 Å². The van der Waals surface area contributed by atoms with Crippen molar-refractivity contribution in [3.05, 3.63) is 119 Å². The van der Waals surface area contributed by atoms with Crippen LogP contribution in [0.25, 0.3) is 0 Å². The molecule has 0 radical (unpaired) electrons. The van der Waals surface area contributed by atoms with Crippen molar-refractivity contribution in [2.24, 2.45) is 68.0 Å². The summed E-state index contributed by atoms with van der Waals surface area (Å²) in [5.41, 5.74) is 1.53. The van der Waals surface area contributed by atoms with Crippen LogP contribution in [0, 0.1) is 68.0 Å². The second-order valence-electron chi connectivity index (χ2n) is 35.9. The molecular formula is C86H124N2O17. The minimum Gasteiger partial charge on any atom is -0.444 e. The number of ether oxygens (including phenoxy) is 13. The average Bonchev–Trinajstić information content (AvgIpc) is 1.17. The van der Waals surface area contributed by atoms with E-state index in [2.05, 4.69) is 72.1 Å². The van der Waals surface area contributed by atoms with Gasteiger partial charge in [-0.3, -0.25) is 9.59 Å². The van der Waals surface area contributed by atoms with Gasteiger partial charge in [-0.15, -0.1) is 0 Å². The van der Waals surface area contributed by atoms with Gasteiger partial charge in [0.1, 0.15) is 53.9 Å². The van der Waals surface area contributed by atoms with Crippen LogP contribution in [0.3, 0.4) is 0 Å². The molecule has 8 fully saturated rings. The molecule has 19 nitrogen and oxygen atoms in total. The molecule has 2 amide bonds. The van der Waals surface area contributed by atoms with Gasteiger partial charge in [-0.1, -0.05) is 171 Å². The lowest BCUT2D eigenvalue weighted by Gasteiger charge is -2.71. The zero-order chi connectivity index (χ0) is 75.1. The largest absolute Gasteiger partial charge is 0.444 e. The van der Waals surface area contributed by atoms with E-state index in [1.165, 1.54) is 11.9 Å². The molecule has 4 aliphatic heterocycles. The molecule has 580 valence electrons. The number of nitrogens with one attached hydrogen (secondary N) is 2. The smallest absolute Gasteiger partial charge is 0.407 e. The van der Waals surface area contributed by atoms with Crippen LogP contribution in [-0.2, 0) is 95.8 Å². The molecule has 0 spiro atoms. The number of rotatable bonds is 25. The van der Waals surface area contributed by atoms with Gasteiger partial charge in [0.25, 0.3) is 0 Å². The van der Waals surface area contributed by atoms with E-state index >= 15 is 4.79 Å². The van der Waals surface area contributed by atoms with Crippen LogP contribution < -0.4 is 10.6 Å². The van der Waals surface area contributed by atoms with Crippen LogP contribution >= 0.6 is 0 Å². The fourth-order valence-electron chi connectivity index (χ4n) is 20.9. The number of hydrogen-bond acceptors (Lipinski definition) is 17. The highest BCUT2D eigenvalue weighted by Crippen LogP contribution is 2.76. The predicted molar refractivity (Wildman–Crippen MR) is 396 cm³/mol. The third kappa shape index (κ3) is 16.4. The van der Waals surface area contributed by atoms with E-state index < -0.39 is 120 Å². The zero-order valence-electron chi connectivity index (χ0n) is 65.7. The third-order valence-corrected chi connectivity index (χ3v) is 27.0. The predicted octanol–water partition coefficient (Wildman–Crippen LogP) is 15.1. The van der Waals surface area contributed by atoms with Crippen molar-refractivity contribution in [3.63, 3.8) is 0 Å². The summed E-state index contributed by atoms with van der Waals surface area (Å²) in [7, 11) is 1.77. The summed E-state index contributed by atoms with van der Waals surface area (Å²) in [5, 5.41) is 6.22. The minimum atomic E-state index is -1.36. The lowest BCUT2D eigenvalue weighted by molar-refractivity contribution is -0.354. The van der Waals surface area contributed by atoms with Crippen molar-refractivity contribution < 1.29 is 80.8 Å². The first-order chi connectivity index (χ1) is 49.9. The summed E-state index contributed by atoms with van der Waals surface area (Å²) < 4.78 is 89.1. The Bertz CT molecular complexity index is 3460. The topological polar surface area (TPSA) is 212 Å². The summed E-state index contributed by atoms with van der Waals surface area (Å²) in [4.78, 5) is 57.2. The zero-order valence-corrected chi connectivity index (χ0v) is 65.7. The maximum absolute atomic E-state index is 16.8. The number of carbonyl (C=O) groups excluding carboxylic acids is 4. The van der Waals surface area contributed by atoms with Crippen LogP contribution in [0.2, 0.25) is 0 Å². The Morgan fingerprint density at radius 2 is 1.31 bits per heavy atom. The van der Waals surface area contributed by atoms with Gasteiger partial charge in [0, 0.05) is 37.3 Å². The van der Waals surface area contributed by atoms with E-state index in [9.17, 15) is 14.4 Å². The molecule has 19 heteroatoms. The van der Waals surface area contributed by atoms with Gasteiger partial charge in [0.2, 0.25) is 12.2 Å². The highest BCUT2D eigenvalue weighted by molar-refractivity contribution is 5.80. The summed E-state index contributed by atoms with van der Waals surface area (Å²) in [6.07, 6.45) is 3.38. The van der Waals surface area contributed by atoms with E-state index in [4.69, 9.17) is 61.6 Å². The van der Waals surface area contributed by atoms with Crippen molar-refractivity contribution in [2.75, 3.05) is 26.9 Å². The molecule has 4 saturated heterocycles. The molecule has 12 rings (SSSR count). The van der Waals surface area contributed by atoms with E-state index in [-0.39, 0.29) is 71.6 Å². The third-order valence-electron chi connectivity index (χ3n) is 27.0. The molecule has 5 aliphatic carbocycles. The Morgan fingerprint density at radius 1 is 0.667 bits per heavy atom. The van der Waals surface area contributed by atoms with Gasteiger partial charge in [-0.25, -0.2) is 4.79 Å². The SMILES string of the molecule is CO[C@H]1C[C@]2(C)C(=CCC3C4(C)CC[C@H](C)[C@](C)(C=O)[C@@H]4CC[C@@]32C)C2CC(C)(C)CCC21C(=O)O[C@@H]1O[C@@H](COCc2ccccc2)C(NC(=O)CCCCCNC(=O)OC(C)(C)C)C(C)C1O[C@@H]1O[C@H](C)C(O[C@@H]2OCC(OCc3ccccc3)C(OCc3ccccc3)C2C)C2OC(C)(C)OC21. The average molecular weight is 1460 g/mol. The fourth-order valence-corrected chi connectivity index (χ4v) is 20.9.